The van der Waals surface area contributed by atoms with E-state index in [1.54, 1.807) is 6.07 Å². The number of aromatic carboxylic acids is 1. The molecule has 1 aromatic rings. The number of nitrogens with one attached hydrogen (secondary N) is 1. The quantitative estimate of drug-likeness (QED) is 0.363. The summed E-state index contributed by atoms with van der Waals surface area (Å²) < 4.78 is 5.08. The monoisotopic (exact) mass is 504 g/mol. The predicted molar refractivity (Wildman–Crippen MR) is 139 cm³/mol. The summed E-state index contributed by atoms with van der Waals surface area (Å²) in [6.07, 6.45) is 9.68. The van der Waals surface area contributed by atoms with Crippen molar-refractivity contribution in [3.05, 3.63) is 15.8 Å². The highest BCUT2D eigenvalue weighted by Crippen LogP contribution is 2.32. The Hall–Kier alpha value is -2.37. The van der Waals surface area contributed by atoms with Crippen molar-refractivity contribution in [1.29, 1.82) is 0 Å². The molecule has 3 rings (SSSR count). The van der Waals surface area contributed by atoms with Crippen LogP contribution in [0.5, 0.6) is 0 Å². The van der Waals surface area contributed by atoms with Crippen LogP contribution < -0.4 is 11.1 Å². The van der Waals surface area contributed by atoms with Crippen molar-refractivity contribution >= 4 is 34.9 Å². The molecule has 7 nitrogen and oxygen atoms in total. The molecule has 0 unspecified atom stereocenters. The van der Waals surface area contributed by atoms with Gasteiger partial charge in [0.25, 0.3) is 0 Å². The van der Waals surface area contributed by atoms with Gasteiger partial charge >= 0.3 is 11.9 Å². The number of amides is 1. The second-order valence-corrected chi connectivity index (χ2v) is 11.6. The number of hydrogen-bond donors (Lipinski definition) is 3. The largest absolute Gasteiger partial charge is 0.477 e. The first-order valence-corrected chi connectivity index (χ1v) is 13.4. The second-order valence-electron chi connectivity index (χ2n) is 10.6. The van der Waals surface area contributed by atoms with Crippen LogP contribution in [0.2, 0.25) is 0 Å². The first-order valence-electron chi connectivity index (χ1n) is 12.6. The molecular weight excluding hydrogens is 464 g/mol. The van der Waals surface area contributed by atoms with Gasteiger partial charge in [-0.2, -0.15) is 0 Å². The maximum Gasteiger partial charge on any atom is 0.348 e. The van der Waals surface area contributed by atoms with E-state index in [0.717, 1.165) is 49.9 Å². The van der Waals surface area contributed by atoms with E-state index in [1.165, 1.54) is 19.3 Å². The van der Waals surface area contributed by atoms with Gasteiger partial charge in [-0.3, -0.25) is 9.59 Å². The average Bonchev–Trinajstić information content (AvgIpc) is 3.22. The van der Waals surface area contributed by atoms with E-state index in [2.05, 4.69) is 24.1 Å². The zero-order valence-electron chi connectivity index (χ0n) is 21.4. The predicted octanol–water partition coefficient (Wildman–Crippen LogP) is 5.43. The lowest BCUT2D eigenvalue weighted by Crippen LogP contribution is -2.27. The van der Waals surface area contributed by atoms with Crippen molar-refractivity contribution in [2.75, 3.05) is 11.9 Å². The number of carboxylic acid groups (broad SMARTS) is 1. The number of hydrogen-bond acceptors (Lipinski definition) is 6. The number of carboxylic acids is 1. The van der Waals surface area contributed by atoms with Crippen LogP contribution in [0, 0.1) is 29.1 Å². The maximum absolute atomic E-state index is 12.4. The summed E-state index contributed by atoms with van der Waals surface area (Å²) in [5.41, 5.74) is 5.33. The minimum absolute atomic E-state index is 0.0104. The molecule has 1 heterocycles. The first kappa shape index (κ1) is 28.9. The number of nitrogens with two attached hydrogens (primary N) is 1. The molecule has 4 N–H and O–H groups in total. The van der Waals surface area contributed by atoms with Crippen molar-refractivity contribution in [3.8, 4) is 11.8 Å². The van der Waals surface area contributed by atoms with Gasteiger partial charge in [-0.25, -0.2) is 4.79 Å². The number of rotatable bonds is 5. The van der Waals surface area contributed by atoms with Crippen LogP contribution in [0.25, 0.3) is 0 Å². The van der Waals surface area contributed by atoms with Crippen LogP contribution in [0.3, 0.4) is 0 Å². The summed E-state index contributed by atoms with van der Waals surface area (Å²) in [5.74, 6) is 5.39. The zero-order valence-corrected chi connectivity index (χ0v) is 22.3. The number of carbonyl (C=O) groups excluding carboxylic acids is 2. The third kappa shape index (κ3) is 10.4. The van der Waals surface area contributed by atoms with Crippen molar-refractivity contribution < 1.29 is 24.2 Å². The van der Waals surface area contributed by atoms with Gasteiger partial charge in [-0.15, -0.1) is 11.3 Å². The van der Waals surface area contributed by atoms with Gasteiger partial charge in [-0.05, 0) is 84.1 Å². The SMILES string of the molecule is CC1CCC(C(=O)Nc2cc(C#CC(C)(C)C)sc2C(=O)O)CC1.NCC(=O)OC1CCCCC1. The molecule has 194 valence electrons. The third-order valence-electron chi connectivity index (χ3n) is 6.15. The van der Waals surface area contributed by atoms with E-state index >= 15 is 0 Å². The Bertz CT molecular complexity index is 924. The number of carbonyl (C=O) groups is 3. The molecular formula is C27H40N2O5S. The molecule has 8 heteroatoms. The molecule has 0 saturated heterocycles. The molecule has 1 aromatic heterocycles. The topological polar surface area (TPSA) is 119 Å². The fourth-order valence-corrected chi connectivity index (χ4v) is 4.93. The molecule has 2 aliphatic rings. The molecule has 0 spiro atoms. The molecule has 0 radical (unpaired) electrons. The fourth-order valence-electron chi connectivity index (χ4n) is 4.13. The summed E-state index contributed by atoms with van der Waals surface area (Å²) in [7, 11) is 0. The Morgan fingerprint density at radius 2 is 1.74 bits per heavy atom. The van der Waals surface area contributed by atoms with Crippen molar-refractivity contribution in [1.82, 2.24) is 0 Å². The molecule has 2 aliphatic carbocycles. The summed E-state index contributed by atoms with van der Waals surface area (Å²) >= 11 is 1.11. The van der Waals surface area contributed by atoms with Crippen LogP contribution in [-0.4, -0.2) is 35.6 Å². The lowest BCUT2D eigenvalue weighted by molar-refractivity contribution is -0.148. The normalized spacial score (nSPS) is 20.5. The lowest BCUT2D eigenvalue weighted by Gasteiger charge is -2.25. The summed E-state index contributed by atoms with van der Waals surface area (Å²) in [5, 5.41) is 12.2. The van der Waals surface area contributed by atoms with E-state index in [9.17, 15) is 19.5 Å². The molecule has 2 saturated carbocycles. The van der Waals surface area contributed by atoms with E-state index < -0.39 is 5.97 Å². The van der Waals surface area contributed by atoms with E-state index in [1.807, 2.05) is 20.8 Å². The number of esters is 1. The van der Waals surface area contributed by atoms with E-state index in [4.69, 9.17) is 10.5 Å². The number of thiophene rings is 1. The molecule has 1 amide bonds. The lowest BCUT2D eigenvalue weighted by atomic mass is 9.82. The Kier molecular flexibility index (Phi) is 11.3. The summed E-state index contributed by atoms with van der Waals surface area (Å²) in [6, 6.07) is 1.68. The highest BCUT2D eigenvalue weighted by atomic mass is 32.1. The van der Waals surface area contributed by atoms with Gasteiger partial charge in [0, 0.05) is 11.3 Å². The molecule has 0 bridgehead atoms. The Morgan fingerprint density at radius 1 is 1.11 bits per heavy atom. The number of anilines is 1. The van der Waals surface area contributed by atoms with Crippen LogP contribution in [0.4, 0.5) is 5.69 Å². The average molecular weight is 505 g/mol. The first-order chi connectivity index (χ1) is 16.5. The summed E-state index contributed by atoms with van der Waals surface area (Å²) in [6.45, 7) is 8.21. The molecule has 0 aromatic carbocycles. The van der Waals surface area contributed by atoms with Gasteiger partial charge in [0.05, 0.1) is 17.1 Å². The second kappa shape index (κ2) is 13.6. The summed E-state index contributed by atoms with van der Waals surface area (Å²) in [4.78, 5) is 35.4. The smallest absolute Gasteiger partial charge is 0.348 e. The minimum Gasteiger partial charge on any atom is -0.477 e. The standard InChI is InChI=1S/C19H25NO3S.C8H15NO2/c1-12-5-7-13(8-6-12)17(21)20-15-11-14(9-10-19(2,3)4)24-16(15)18(22)23;9-6-8(10)11-7-4-2-1-3-5-7/h11-13H,5-8H2,1-4H3,(H,20,21)(H,22,23);7H,1-6,9H2. The van der Waals surface area contributed by atoms with Gasteiger partial charge < -0.3 is 20.9 Å². The maximum atomic E-state index is 12.4. The van der Waals surface area contributed by atoms with Crippen LogP contribution in [-0.2, 0) is 14.3 Å². The van der Waals surface area contributed by atoms with E-state index in [0.29, 0.717) is 16.5 Å². The molecule has 2 fully saturated rings. The number of ether oxygens (including phenoxy) is 1. The molecule has 0 atom stereocenters. The molecule has 35 heavy (non-hydrogen) atoms. The van der Waals surface area contributed by atoms with E-state index in [-0.39, 0.29) is 40.7 Å². The fraction of sp³-hybridized carbons (Fsp3) is 0.667. The molecule has 0 aliphatic heterocycles. The highest BCUT2D eigenvalue weighted by Gasteiger charge is 2.26. The third-order valence-corrected chi connectivity index (χ3v) is 7.19. The zero-order chi connectivity index (χ0) is 26.0. The minimum atomic E-state index is -1.03. The van der Waals surface area contributed by atoms with Gasteiger partial charge in [0.2, 0.25) is 5.91 Å². The van der Waals surface area contributed by atoms with Crippen LogP contribution >= 0.6 is 11.3 Å². The van der Waals surface area contributed by atoms with Gasteiger partial charge in [0.1, 0.15) is 11.0 Å². The van der Waals surface area contributed by atoms with Gasteiger partial charge in [0.15, 0.2) is 0 Å². The van der Waals surface area contributed by atoms with Crippen molar-refractivity contribution in [2.45, 2.75) is 91.6 Å². The Balaban J connectivity index is 0.000000328. The van der Waals surface area contributed by atoms with Crippen LogP contribution in [0.15, 0.2) is 6.07 Å². The van der Waals surface area contributed by atoms with Crippen LogP contribution in [0.1, 0.15) is 100 Å². The Morgan fingerprint density at radius 3 is 2.29 bits per heavy atom. The Labute approximate surface area is 213 Å². The van der Waals surface area contributed by atoms with Gasteiger partial charge in [-0.1, -0.05) is 25.2 Å². The highest BCUT2D eigenvalue weighted by molar-refractivity contribution is 7.15. The van der Waals surface area contributed by atoms with Crippen molar-refractivity contribution in [3.63, 3.8) is 0 Å². The van der Waals surface area contributed by atoms with Crippen molar-refractivity contribution in [2.24, 2.45) is 23.0 Å².